The number of carbonyl (C=O) groups excluding carboxylic acids is 3. The summed E-state index contributed by atoms with van der Waals surface area (Å²) in [5.74, 6) is -0.283. The lowest BCUT2D eigenvalue weighted by molar-refractivity contribution is -0.118. The molecule has 31 heavy (non-hydrogen) atoms. The highest BCUT2D eigenvalue weighted by molar-refractivity contribution is 6.00. The van der Waals surface area contributed by atoms with Gasteiger partial charge >= 0.3 is 0 Å². The van der Waals surface area contributed by atoms with Gasteiger partial charge in [0.1, 0.15) is 5.75 Å². The summed E-state index contributed by atoms with van der Waals surface area (Å²) >= 11 is 0. The monoisotopic (exact) mass is 422 g/mol. The molecule has 2 heterocycles. The Morgan fingerprint density at radius 3 is 2.55 bits per heavy atom. The van der Waals surface area contributed by atoms with E-state index in [9.17, 15) is 14.4 Å². The second-order valence-electron chi connectivity index (χ2n) is 7.77. The summed E-state index contributed by atoms with van der Waals surface area (Å²) in [6.45, 7) is 2.30. The van der Waals surface area contributed by atoms with Crippen molar-refractivity contribution in [2.24, 2.45) is 5.73 Å². The van der Waals surface area contributed by atoms with Crippen molar-refractivity contribution in [2.75, 3.05) is 41.4 Å². The predicted octanol–water partition coefficient (Wildman–Crippen LogP) is 2.53. The summed E-state index contributed by atoms with van der Waals surface area (Å²) in [5.41, 5.74) is 7.92. The van der Waals surface area contributed by atoms with E-state index in [4.69, 9.17) is 10.5 Å². The number of rotatable bonds is 7. The van der Waals surface area contributed by atoms with Gasteiger partial charge in [0, 0.05) is 43.4 Å². The quantitative estimate of drug-likeness (QED) is 0.713. The zero-order chi connectivity index (χ0) is 21.8. The molecular formula is C23H26N4O4. The Morgan fingerprint density at radius 1 is 1.03 bits per heavy atom. The molecule has 0 atom stereocenters. The van der Waals surface area contributed by atoms with E-state index < -0.39 is 5.91 Å². The minimum absolute atomic E-state index is 0.0960. The molecule has 3 amide bonds. The van der Waals surface area contributed by atoms with Crippen LogP contribution in [0.3, 0.4) is 0 Å². The van der Waals surface area contributed by atoms with Gasteiger partial charge in [0.2, 0.25) is 11.8 Å². The molecule has 2 fully saturated rings. The van der Waals surface area contributed by atoms with Crippen LogP contribution < -0.4 is 25.6 Å². The highest BCUT2D eigenvalue weighted by atomic mass is 16.5. The fraction of sp³-hybridized carbons (Fsp3) is 0.348. The molecule has 0 aliphatic carbocycles. The average Bonchev–Trinajstić information content (AvgIpc) is 3.44. The first-order valence-corrected chi connectivity index (χ1v) is 10.5. The number of carbonyl (C=O) groups is 3. The third-order valence-electron chi connectivity index (χ3n) is 5.57. The molecule has 2 saturated heterocycles. The summed E-state index contributed by atoms with van der Waals surface area (Å²) < 4.78 is 5.66. The number of hydrogen-bond acceptors (Lipinski definition) is 5. The standard InChI is InChI=1S/C23H26N4O4/c24-23(30)16-8-9-20(26-10-1-2-11-26)19(13-16)25-21(28)15-31-18-6-3-5-17(14-18)27-12-4-7-22(27)29/h3,5-6,8-9,13-14H,1-2,4,7,10-12,15H2,(H2,24,30)(H,25,28). The van der Waals surface area contributed by atoms with Gasteiger partial charge in [0.15, 0.2) is 6.61 Å². The summed E-state index contributed by atoms with van der Waals surface area (Å²) in [6.07, 6.45) is 3.57. The number of nitrogens with two attached hydrogens (primary N) is 1. The molecule has 2 aromatic rings. The molecule has 0 radical (unpaired) electrons. The Morgan fingerprint density at radius 2 is 1.84 bits per heavy atom. The number of ether oxygens (including phenoxy) is 1. The topological polar surface area (TPSA) is 105 Å². The number of nitrogens with one attached hydrogen (secondary N) is 1. The van der Waals surface area contributed by atoms with Gasteiger partial charge in [0.05, 0.1) is 11.4 Å². The summed E-state index contributed by atoms with van der Waals surface area (Å²) in [7, 11) is 0. The van der Waals surface area contributed by atoms with Crippen molar-refractivity contribution < 1.29 is 19.1 Å². The second-order valence-corrected chi connectivity index (χ2v) is 7.77. The molecule has 2 aliphatic rings. The van der Waals surface area contributed by atoms with Crippen molar-refractivity contribution in [3.63, 3.8) is 0 Å². The van der Waals surface area contributed by atoms with Crippen LogP contribution in [0, 0.1) is 0 Å². The Balaban J connectivity index is 1.43. The molecule has 3 N–H and O–H groups in total. The molecule has 0 spiro atoms. The lowest BCUT2D eigenvalue weighted by Crippen LogP contribution is -2.25. The molecule has 0 aromatic heterocycles. The van der Waals surface area contributed by atoms with Gasteiger partial charge in [-0.05, 0) is 49.6 Å². The number of nitrogens with zero attached hydrogens (tertiary/aromatic N) is 2. The van der Waals surface area contributed by atoms with E-state index in [0.717, 1.165) is 43.7 Å². The number of amides is 3. The van der Waals surface area contributed by atoms with E-state index in [0.29, 0.717) is 30.0 Å². The van der Waals surface area contributed by atoms with Gasteiger partial charge in [-0.25, -0.2) is 0 Å². The zero-order valence-electron chi connectivity index (χ0n) is 17.3. The lowest BCUT2D eigenvalue weighted by atomic mass is 10.1. The molecule has 162 valence electrons. The van der Waals surface area contributed by atoms with Gasteiger partial charge in [-0.3, -0.25) is 14.4 Å². The van der Waals surface area contributed by atoms with Crippen molar-refractivity contribution in [1.29, 1.82) is 0 Å². The Labute approximate surface area is 180 Å². The number of anilines is 3. The van der Waals surface area contributed by atoms with E-state index >= 15 is 0 Å². The van der Waals surface area contributed by atoms with E-state index in [-0.39, 0.29) is 18.4 Å². The van der Waals surface area contributed by atoms with Crippen LogP contribution in [0.5, 0.6) is 5.75 Å². The van der Waals surface area contributed by atoms with Crippen molar-refractivity contribution in [3.05, 3.63) is 48.0 Å². The number of hydrogen-bond donors (Lipinski definition) is 2. The third-order valence-corrected chi connectivity index (χ3v) is 5.57. The third kappa shape index (κ3) is 4.79. The molecule has 2 aliphatic heterocycles. The molecule has 0 unspecified atom stereocenters. The summed E-state index contributed by atoms with van der Waals surface area (Å²) in [4.78, 5) is 40.0. The molecule has 8 heteroatoms. The normalized spacial score (nSPS) is 15.9. The SMILES string of the molecule is NC(=O)c1ccc(N2CCCC2)c(NC(=O)COc2cccc(N3CCCC3=O)c2)c1. The van der Waals surface area contributed by atoms with Crippen LogP contribution in [0.2, 0.25) is 0 Å². The van der Waals surface area contributed by atoms with Crippen molar-refractivity contribution in [2.45, 2.75) is 25.7 Å². The fourth-order valence-electron chi connectivity index (χ4n) is 4.02. The molecular weight excluding hydrogens is 396 g/mol. The summed E-state index contributed by atoms with van der Waals surface area (Å²) in [6, 6.07) is 12.3. The van der Waals surface area contributed by atoms with Crippen LogP contribution in [-0.2, 0) is 9.59 Å². The van der Waals surface area contributed by atoms with Gasteiger partial charge in [0.25, 0.3) is 5.91 Å². The lowest BCUT2D eigenvalue weighted by Gasteiger charge is -2.22. The first kappa shape index (κ1) is 20.7. The van der Waals surface area contributed by atoms with Crippen molar-refractivity contribution in [3.8, 4) is 5.75 Å². The highest BCUT2D eigenvalue weighted by Gasteiger charge is 2.22. The van der Waals surface area contributed by atoms with Crippen LogP contribution >= 0.6 is 0 Å². The Bertz CT molecular complexity index is 1000. The molecule has 0 saturated carbocycles. The average molecular weight is 422 g/mol. The maximum atomic E-state index is 12.6. The molecule has 8 nitrogen and oxygen atoms in total. The van der Waals surface area contributed by atoms with Crippen molar-refractivity contribution >= 4 is 34.8 Å². The predicted molar refractivity (Wildman–Crippen MR) is 119 cm³/mol. The highest BCUT2D eigenvalue weighted by Crippen LogP contribution is 2.30. The smallest absolute Gasteiger partial charge is 0.262 e. The Kier molecular flexibility index (Phi) is 6.06. The van der Waals surface area contributed by atoms with Crippen LogP contribution in [0.4, 0.5) is 17.1 Å². The number of benzene rings is 2. The van der Waals surface area contributed by atoms with Crippen LogP contribution in [0.25, 0.3) is 0 Å². The van der Waals surface area contributed by atoms with Gasteiger partial charge in [-0.1, -0.05) is 6.07 Å². The maximum absolute atomic E-state index is 12.6. The molecule has 4 rings (SSSR count). The summed E-state index contributed by atoms with van der Waals surface area (Å²) in [5, 5.41) is 2.85. The molecule has 0 bridgehead atoms. The first-order valence-electron chi connectivity index (χ1n) is 10.5. The van der Waals surface area contributed by atoms with Gasteiger partial charge in [-0.2, -0.15) is 0 Å². The Hall–Kier alpha value is -3.55. The van der Waals surface area contributed by atoms with Gasteiger partial charge < -0.3 is 25.6 Å². The van der Waals surface area contributed by atoms with Crippen LogP contribution in [0.1, 0.15) is 36.0 Å². The second kappa shape index (κ2) is 9.07. The van der Waals surface area contributed by atoms with Gasteiger partial charge in [-0.15, -0.1) is 0 Å². The van der Waals surface area contributed by atoms with E-state index in [2.05, 4.69) is 10.2 Å². The van der Waals surface area contributed by atoms with E-state index in [1.807, 2.05) is 12.1 Å². The first-order chi connectivity index (χ1) is 15.0. The zero-order valence-corrected chi connectivity index (χ0v) is 17.3. The largest absolute Gasteiger partial charge is 0.484 e. The van der Waals surface area contributed by atoms with E-state index in [1.165, 1.54) is 0 Å². The fourth-order valence-corrected chi connectivity index (χ4v) is 4.02. The minimum atomic E-state index is -0.548. The van der Waals surface area contributed by atoms with E-state index in [1.54, 1.807) is 35.2 Å². The van der Waals surface area contributed by atoms with Crippen LogP contribution in [-0.4, -0.2) is 44.0 Å². The van der Waals surface area contributed by atoms with Crippen LogP contribution in [0.15, 0.2) is 42.5 Å². The maximum Gasteiger partial charge on any atom is 0.262 e. The molecule has 2 aromatic carbocycles. The minimum Gasteiger partial charge on any atom is -0.484 e. The number of primary amides is 1. The van der Waals surface area contributed by atoms with Crippen molar-refractivity contribution in [1.82, 2.24) is 0 Å².